The van der Waals surface area contributed by atoms with Crippen molar-refractivity contribution >= 4 is 6.21 Å². The first-order valence-electron chi connectivity index (χ1n) is 6.43. The van der Waals surface area contributed by atoms with Crippen LogP contribution in [0.3, 0.4) is 0 Å². The van der Waals surface area contributed by atoms with Gasteiger partial charge in [0.2, 0.25) is 0 Å². The van der Waals surface area contributed by atoms with Crippen molar-refractivity contribution in [1.82, 2.24) is 0 Å². The normalized spacial score (nSPS) is 19.2. The Labute approximate surface area is 89.0 Å². The Balaban J connectivity index is 1.96. The van der Waals surface area contributed by atoms with Crippen LogP contribution >= 0.6 is 0 Å². The minimum absolute atomic E-state index is 0.815. The van der Waals surface area contributed by atoms with Crippen LogP contribution < -0.4 is 0 Å². The second-order valence-electron chi connectivity index (χ2n) is 4.51. The van der Waals surface area contributed by atoms with E-state index >= 15 is 0 Å². The molecule has 0 spiro atoms. The third-order valence-electron chi connectivity index (χ3n) is 3.11. The predicted octanol–water partition coefficient (Wildman–Crippen LogP) is 4.22. The Hall–Kier alpha value is -0.330. The highest BCUT2D eigenvalue weighted by Crippen LogP contribution is 2.21. The Morgan fingerprint density at radius 3 is 2.57 bits per heavy atom. The van der Waals surface area contributed by atoms with E-state index in [1.54, 1.807) is 0 Å². The number of rotatable bonds is 6. The van der Waals surface area contributed by atoms with Crippen LogP contribution in [-0.2, 0) is 0 Å². The summed E-state index contributed by atoms with van der Waals surface area (Å²) in [6, 6.07) is 0. The van der Waals surface area contributed by atoms with Gasteiger partial charge in [-0.1, -0.05) is 45.4 Å². The molecule has 1 nitrogen and oxygen atoms in total. The SMILES string of the molecule is CCCCCCN=CC1CCCCC1. The van der Waals surface area contributed by atoms with Crippen LogP contribution in [0, 0.1) is 5.92 Å². The Bertz CT molecular complexity index is 145. The van der Waals surface area contributed by atoms with Gasteiger partial charge < -0.3 is 0 Å². The summed E-state index contributed by atoms with van der Waals surface area (Å²) in [5.74, 6) is 0.815. The Kier molecular flexibility index (Phi) is 6.73. The van der Waals surface area contributed by atoms with Gasteiger partial charge in [0.25, 0.3) is 0 Å². The summed E-state index contributed by atoms with van der Waals surface area (Å²) in [6.07, 6.45) is 14.7. The molecule has 0 atom stereocenters. The van der Waals surface area contributed by atoms with E-state index in [0.717, 1.165) is 12.5 Å². The summed E-state index contributed by atoms with van der Waals surface area (Å²) >= 11 is 0. The van der Waals surface area contributed by atoms with Crippen molar-refractivity contribution in [3.63, 3.8) is 0 Å². The zero-order chi connectivity index (χ0) is 10.1. The fourth-order valence-electron chi connectivity index (χ4n) is 2.14. The molecule has 0 aromatic heterocycles. The van der Waals surface area contributed by atoms with Crippen molar-refractivity contribution < 1.29 is 0 Å². The molecule has 0 aromatic rings. The summed E-state index contributed by atoms with van der Waals surface area (Å²) in [4.78, 5) is 4.54. The molecule has 1 saturated carbocycles. The summed E-state index contributed by atoms with van der Waals surface area (Å²) in [5.41, 5.74) is 0. The van der Waals surface area contributed by atoms with Gasteiger partial charge in [-0.05, 0) is 25.2 Å². The quantitative estimate of drug-likeness (QED) is 0.444. The van der Waals surface area contributed by atoms with Crippen molar-refractivity contribution in [1.29, 1.82) is 0 Å². The highest BCUT2D eigenvalue weighted by atomic mass is 14.7. The van der Waals surface area contributed by atoms with Crippen LogP contribution in [0.15, 0.2) is 4.99 Å². The Morgan fingerprint density at radius 1 is 1.07 bits per heavy atom. The first-order chi connectivity index (χ1) is 6.93. The molecule has 0 saturated heterocycles. The maximum Gasteiger partial charge on any atom is 0.0385 e. The van der Waals surface area contributed by atoms with E-state index in [1.165, 1.54) is 57.8 Å². The maximum atomic E-state index is 4.54. The van der Waals surface area contributed by atoms with Crippen LogP contribution in [0.5, 0.6) is 0 Å². The number of aliphatic imine (C=N–C) groups is 1. The molecule has 82 valence electrons. The number of hydrogen-bond acceptors (Lipinski definition) is 1. The minimum Gasteiger partial charge on any atom is -0.297 e. The zero-order valence-electron chi connectivity index (χ0n) is 9.67. The number of nitrogens with zero attached hydrogens (tertiary/aromatic N) is 1. The molecule has 0 aliphatic heterocycles. The second kappa shape index (κ2) is 8.02. The molecular formula is C13H25N. The van der Waals surface area contributed by atoms with Crippen molar-refractivity contribution in [2.45, 2.75) is 64.7 Å². The molecule has 1 rings (SSSR count). The second-order valence-corrected chi connectivity index (χ2v) is 4.51. The molecular weight excluding hydrogens is 170 g/mol. The molecule has 0 bridgehead atoms. The van der Waals surface area contributed by atoms with Gasteiger partial charge in [-0.3, -0.25) is 4.99 Å². The summed E-state index contributed by atoms with van der Waals surface area (Å²) in [6.45, 7) is 3.32. The van der Waals surface area contributed by atoms with E-state index in [2.05, 4.69) is 18.1 Å². The maximum absolute atomic E-state index is 4.54. The monoisotopic (exact) mass is 195 g/mol. The van der Waals surface area contributed by atoms with Crippen molar-refractivity contribution in [2.24, 2.45) is 10.9 Å². The summed E-state index contributed by atoms with van der Waals surface area (Å²) in [5, 5.41) is 0. The van der Waals surface area contributed by atoms with Crippen LogP contribution in [0.1, 0.15) is 64.7 Å². The lowest BCUT2D eigenvalue weighted by Crippen LogP contribution is -2.07. The van der Waals surface area contributed by atoms with Gasteiger partial charge >= 0.3 is 0 Å². The van der Waals surface area contributed by atoms with Gasteiger partial charge in [-0.25, -0.2) is 0 Å². The van der Waals surface area contributed by atoms with Crippen molar-refractivity contribution in [2.75, 3.05) is 6.54 Å². The van der Waals surface area contributed by atoms with Crippen molar-refractivity contribution in [3.8, 4) is 0 Å². The molecule has 0 radical (unpaired) electrons. The van der Waals surface area contributed by atoms with Gasteiger partial charge in [-0.2, -0.15) is 0 Å². The lowest BCUT2D eigenvalue weighted by molar-refractivity contribution is 0.444. The third-order valence-corrected chi connectivity index (χ3v) is 3.11. The minimum atomic E-state index is 0.815. The molecule has 1 aliphatic carbocycles. The highest BCUT2D eigenvalue weighted by Gasteiger charge is 2.09. The highest BCUT2D eigenvalue weighted by molar-refractivity contribution is 5.60. The van der Waals surface area contributed by atoms with Crippen LogP contribution in [0.2, 0.25) is 0 Å². The average molecular weight is 195 g/mol. The van der Waals surface area contributed by atoms with E-state index in [4.69, 9.17) is 0 Å². The fourth-order valence-corrected chi connectivity index (χ4v) is 2.14. The van der Waals surface area contributed by atoms with Crippen LogP contribution in [0.25, 0.3) is 0 Å². The van der Waals surface area contributed by atoms with Gasteiger partial charge in [0.05, 0.1) is 0 Å². The molecule has 0 amide bonds. The van der Waals surface area contributed by atoms with Crippen LogP contribution in [0.4, 0.5) is 0 Å². The van der Waals surface area contributed by atoms with E-state index in [-0.39, 0.29) is 0 Å². The van der Waals surface area contributed by atoms with E-state index in [9.17, 15) is 0 Å². The smallest absolute Gasteiger partial charge is 0.0385 e. The lowest BCUT2D eigenvalue weighted by Gasteiger charge is -2.16. The number of unbranched alkanes of at least 4 members (excludes halogenated alkanes) is 3. The molecule has 1 fully saturated rings. The lowest BCUT2D eigenvalue weighted by atomic mass is 9.90. The Morgan fingerprint density at radius 2 is 1.86 bits per heavy atom. The van der Waals surface area contributed by atoms with E-state index < -0.39 is 0 Å². The first-order valence-corrected chi connectivity index (χ1v) is 6.43. The standard InChI is InChI=1S/C13H25N/c1-2-3-4-8-11-14-12-13-9-6-5-7-10-13/h12-13H,2-11H2,1H3. The van der Waals surface area contributed by atoms with E-state index in [1.807, 2.05) is 0 Å². The van der Waals surface area contributed by atoms with Gasteiger partial charge in [0.1, 0.15) is 0 Å². The fraction of sp³-hybridized carbons (Fsp3) is 0.923. The first kappa shape index (κ1) is 11.7. The molecule has 1 heteroatoms. The molecule has 0 heterocycles. The molecule has 14 heavy (non-hydrogen) atoms. The summed E-state index contributed by atoms with van der Waals surface area (Å²) in [7, 11) is 0. The largest absolute Gasteiger partial charge is 0.297 e. The predicted molar refractivity (Wildman–Crippen MR) is 64.1 cm³/mol. The summed E-state index contributed by atoms with van der Waals surface area (Å²) < 4.78 is 0. The molecule has 0 aromatic carbocycles. The molecule has 1 aliphatic rings. The van der Waals surface area contributed by atoms with Gasteiger partial charge in [0, 0.05) is 12.8 Å². The van der Waals surface area contributed by atoms with Crippen molar-refractivity contribution in [3.05, 3.63) is 0 Å². The molecule has 0 N–H and O–H groups in total. The molecule has 0 unspecified atom stereocenters. The third kappa shape index (κ3) is 5.41. The number of hydrogen-bond donors (Lipinski definition) is 0. The average Bonchev–Trinajstić information content (AvgIpc) is 2.25. The van der Waals surface area contributed by atoms with Gasteiger partial charge in [0.15, 0.2) is 0 Å². The zero-order valence-corrected chi connectivity index (χ0v) is 9.67. The van der Waals surface area contributed by atoms with E-state index in [0.29, 0.717) is 0 Å². The van der Waals surface area contributed by atoms with Gasteiger partial charge in [-0.15, -0.1) is 0 Å². The van der Waals surface area contributed by atoms with Crippen LogP contribution in [-0.4, -0.2) is 12.8 Å². The topological polar surface area (TPSA) is 12.4 Å².